The fraction of sp³-hybridized carbons (Fsp3) is 0.111. The molecule has 22 heavy (non-hydrogen) atoms. The van der Waals surface area contributed by atoms with Gasteiger partial charge in [-0.25, -0.2) is 0 Å². The van der Waals surface area contributed by atoms with Gasteiger partial charge in [0.2, 0.25) is 0 Å². The maximum Gasteiger partial charge on any atom is 0.134 e. The van der Waals surface area contributed by atoms with Gasteiger partial charge in [-0.05, 0) is 61.0 Å². The van der Waals surface area contributed by atoms with Crippen LogP contribution in [0.2, 0.25) is 5.02 Å². The Morgan fingerprint density at radius 2 is 1.82 bits per heavy atom. The summed E-state index contributed by atoms with van der Waals surface area (Å²) >= 11 is 9.39. The summed E-state index contributed by atoms with van der Waals surface area (Å²) in [5.74, 6) is 1.77. The second-order valence-corrected chi connectivity index (χ2v) is 6.38. The van der Waals surface area contributed by atoms with Crippen molar-refractivity contribution in [2.45, 2.75) is 13.5 Å². The van der Waals surface area contributed by atoms with Gasteiger partial charge < -0.3 is 9.73 Å². The SMILES string of the molecule is Cc1cc(-c2ccc(CNc3ccc(Cl)cc3)o2)ccc1Br. The molecule has 2 nitrogen and oxygen atoms in total. The Hall–Kier alpha value is -1.71. The van der Waals surface area contributed by atoms with E-state index in [1.165, 1.54) is 5.56 Å². The van der Waals surface area contributed by atoms with Gasteiger partial charge in [0, 0.05) is 20.7 Å². The van der Waals surface area contributed by atoms with Gasteiger partial charge in [-0.1, -0.05) is 33.6 Å². The second-order valence-electron chi connectivity index (χ2n) is 5.09. The van der Waals surface area contributed by atoms with Crippen molar-refractivity contribution in [3.05, 3.63) is 75.4 Å². The second kappa shape index (κ2) is 6.59. The largest absolute Gasteiger partial charge is 0.459 e. The van der Waals surface area contributed by atoms with Crippen LogP contribution in [0.1, 0.15) is 11.3 Å². The van der Waals surface area contributed by atoms with Crippen LogP contribution < -0.4 is 5.32 Å². The smallest absolute Gasteiger partial charge is 0.134 e. The molecule has 0 saturated heterocycles. The maximum atomic E-state index is 5.91. The zero-order chi connectivity index (χ0) is 15.5. The molecule has 3 rings (SSSR count). The first-order valence-electron chi connectivity index (χ1n) is 6.96. The Morgan fingerprint density at radius 3 is 2.55 bits per heavy atom. The van der Waals surface area contributed by atoms with E-state index in [1.54, 1.807) is 0 Å². The van der Waals surface area contributed by atoms with E-state index in [-0.39, 0.29) is 0 Å². The number of rotatable bonds is 4. The minimum Gasteiger partial charge on any atom is -0.459 e. The van der Waals surface area contributed by atoms with Crippen LogP contribution in [0.5, 0.6) is 0 Å². The number of benzene rings is 2. The lowest BCUT2D eigenvalue weighted by Crippen LogP contribution is -1.97. The standard InChI is InChI=1S/C18H15BrClNO/c1-12-10-13(2-8-17(12)19)18-9-7-16(22-18)11-21-15-5-3-14(20)4-6-15/h2-10,21H,11H2,1H3. The molecule has 4 heteroatoms. The molecule has 0 saturated carbocycles. The molecule has 112 valence electrons. The van der Waals surface area contributed by atoms with Crippen LogP contribution >= 0.6 is 27.5 Å². The lowest BCUT2D eigenvalue weighted by atomic mass is 10.1. The van der Waals surface area contributed by atoms with Gasteiger partial charge in [-0.2, -0.15) is 0 Å². The number of furan rings is 1. The number of halogens is 2. The van der Waals surface area contributed by atoms with E-state index in [9.17, 15) is 0 Å². The van der Waals surface area contributed by atoms with E-state index in [1.807, 2.05) is 48.5 Å². The van der Waals surface area contributed by atoms with Crippen LogP contribution in [-0.2, 0) is 6.54 Å². The molecule has 0 bridgehead atoms. The van der Waals surface area contributed by atoms with Crippen LogP contribution in [0, 0.1) is 6.92 Å². The Balaban J connectivity index is 1.70. The third kappa shape index (κ3) is 3.54. The highest BCUT2D eigenvalue weighted by Crippen LogP contribution is 2.27. The molecule has 0 radical (unpaired) electrons. The molecule has 0 aliphatic carbocycles. The fourth-order valence-electron chi connectivity index (χ4n) is 2.18. The number of hydrogen-bond donors (Lipinski definition) is 1. The van der Waals surface area contributed by atoms with Crippen LogP contribution in [-0.4, -0.2) is 0 Å². The van der Waals surface area contributed by atoms with E-state index < -0.39 is 0 Å². The van der Waals surface area contributed by atoms with Crippen molar-refractivity contribution in [2.24, 2.45) is 0 Å². The third-order valence-electron chi connectivity index (χ3n) is 3.42. The summed E-state index contributed by atoms with van der Waals surface area (Å²) in [6.45, 7) is 2.71. The third-order valence-corrected chi connectivity index (χ3v) is 4.56. The van der Waals surface area contributed by atoms with E-state index in [0.717, 1.165) is 32.3 Å². The predicted octanol–water partition coefficient (Wildman–Crippen LogP) is 6.28. The first kappa shape index (κ1) is 15.2. The summed E-state index contributed by atoms with van der Waals surface area (Å²) in [4.78, 5) is 0. The average Bonchev–Trinajstić information content (AvgIpc) is 2.98. The predicted molar refractivity (Wildman–Crippen MR) is 95.4 cm³/mol. The molecule has 0 atom stereocenters. The monoisotopic (exact) mass is 375 g/mol. The average molecular weight is 377 g/mol. The summed E-state index contributed by atoms with van der Waals surface area (Å²) in [6, 6.07) is 17.8. The fourth-order valence-corrected chi connectivity index (χ4v) is 2.56. The van der Waals surface area contributed by atoms with Crippen molar-refractivity contribution in [3.8, 4) is 11.3 Å². The molecular formula is C18H15BrClNO. The van der Waals surface area contributed by atoms with Gasteiger partial charge in [0.1, 0.15) is 11.5 Å². The van der Waals surface area contributed by atoms with E-state index in [0.29, 0.717) is 6.54 Å². The quantitative estimate of drug-likeness (QED) is 0.579. The topological polar surface area (TPSA) is 25.2 Å². The Labute approximate surface area is 143 Å². The molecule has 1 N–H and O–H groups in total. The molecular weight excluding hydrogens is 362 g/mol. The summed E-state index contributed by atoms with van der Waals surface area (Å²) in [5, 5.41) is 4.05. The van der Waals surface area contributed by atoms with Crippen LogP contribution in [0.15, 0.2) is 63.5 Å². The zero-order valence-corrected chi connectivity index (χ0v) is 14.4. The molecule has 0 aliphatic rings. The van der Waals surface area contributed by atoms with E-state index >= 15 is 0 Å². The lowest BCUT2D eigenvalue weighted by molar-refractivity contribution is 0.531. The molecule has 0 amide bonds. The van der Waals surface area contributed by atoms with Crippen molar-refractivity contribution >= 4 is 33.2 Å². The Morgan fingerprint density at radius 1 is 1.05 bits per heavy atom. The van der Waals surface area contributed by atoms with E-state index in [2.05, 4.69) is 34.2 Å². The van der Waals surface area contributed by atoms with Gasteiger partial charge in [0.15, 0.2) is 0 Å². The van der Waals surface area contributed by atoms with Gasteiger partial charge >= 0.3 is 0 Å². The molecule has 0 fully saturated rings. The highest BCUT2D eigenvalue weighted by Gasteiger charge is 2.06. The molecule has 1 aromatic heterocycles. The first-order valence-corrected chi connectivity index (χ1v) is 8.13. The highest BCUT2D eigenvalue weighted by atomic mass is 79.9. The zero-order valence-electron chi connectivity index (χ0n) is 12.1. The van der Waals surface area contributed by atoms with E-state index in [4.69, 9.17) is 16.0 Å². The summed E-state index contributed by atoms with van der Waals surface area (Å²) < 4.78 is 7.01. The first-order chi connectivity index (χ1) is 10.6. The number of hydrogen-bond acceptors (Lipinski definition) is 2. The Bertz CT molecular complexity index is 780. The minimum atomic E-state index is 0.636. The van der Waals surface area contributed by atoms with Gasteiger partial charge in [0.05, 0.1) is 6.54 Å². The summed E-state index contributed by atoms with van der Waals surface area (Å²) in [5.41, 5.74) is 3.29. The van der Waals surface area contributed by atoms with Crippen LogP contribution in [0.25, 0.3) is 11.3 Å². The van der Waals surface area contributed by atoms with Gasteiger partial charge in [0.25, 0.3) is 0 Å². The molecule has 0 spiro atoms. The van der Waals surface area contributed by atoms with Crippen LogP contribution in [0.3, 0.4) is 0 Å². The van der Waals surface area contributed by atoms with Crippen molar-refractivity contribution in [1.29, 1.82) is 0 Å². The molecule has 0 unspecified atom stereocenters. The summed E-state index contributed by atoms with van der Waals surface area (Å²) in [6.07, 6.45) is 0. The number of aryl methyl sites for hydroxylation is 1. The van der Waals surface area contributed by atoms with Crippen LogP contribution in [0.4, 0.5) is 5.69 Å². The number of anilines is 1. The van der Waals surface area contributed by atoms with Gasteiger partial charge in [-0.15, -0.1) is 0 Å². The molecule has 0 aliphatic heterocycles. The minimum absolute atomic E-state index is 0.636. The molecule has 1 heterocycles. The van der Waals surface area contributed by atoms with Crippen molar-refractivity contribution in [2.75, 3.05) is 5.32 Å². The van der Waals surface area contributed by atoms with Gasteiger partial charge in [-0.3, -0.25) is 0 Å². The van der Waals surface area contributed by atoms with Crippen molar-refractivity contribution in [1.82, 2.24) is 0 Å². The summed E-state index contributed by atoms with van der Waals surface area (Å²) in [7, 11) is 0. The molecule has 2 aromatic carbocycles. The Kier molecular flexibility index (Phi) is 4.55. The van der Waals surface area contributed by atoms with Crippen molar-refractivity contribution < 1.29 is 4.42 Å². The van der Waals surface area contributed by atoms with Crippen molar-refractivity contribution in [3.63, 3.8) is 0 Å². The molecule has 3 aromatic rings. The number of nitrogens with one attached hydrogen (secondary N) is 1. The highest BCUT2D eigenvalue weighted by molar-refractivity contribution is 9.10. The lowest BCUT2D eigenvalue weighted by Gasteiger charge is -2.04. The normalized spacial score (nSPS) is 10.7. The maximum absolute atomic E-state index is 5.91.